The summed E-state index contributed by atoms with van der Waals surface area (Å²) in [6.45, 7) is 5.52. The van der Waals surface area contributed by atoms with Gasteiger partial charge in [0, 0.05) is 13.2 Å². The Morgan fingerprint density at radius 2 is 2.05 bits per heavy atom. The van der Waals surface area contributed by atoms with Crippen LogP contribution in [0.5, 0.6) is 0 Å². The summed E-state index contributed by atoms with van der Waals surface area (Å²) in [5.41, 5.74) is 1.23. The monoisotopic (exact) mass is 277 g/mol. The first-order valence-corrected chi connectivity index (χ1v) is 8.47. The number of nitrogens with zero attached hydrogens (tertiary/aromatic N) is 2. The van der Waals surface area contributed by atoms with Crippen LogP contribution in [0.25, 0.3) is 0 Å². The van der Waals surface area contributed by atoms with Crippen LogP contribution >= 0.6 is 0 Å². The lowest BCUT2D eigenvalue weighted by Gasteiger charge is -2.33. The van der Waals surface area contributed by atoms with Crippen LogP contribution in [0.1, 0.15) is 70.5 Å². The van der Waals surface area contributed by atoms with Crippen molar-refractivity contribution in [1.29, 1.82) is 0 Å². The Hall–Kier alpha value is -0.830. The smallest absolute Gasteiger partial charge is 0.0796 e. The molecule has 0 amide bonds. The Kier molecular flexibility index (Phi) is 6.08. The van der Waals surface area contributed by atoms with Crippen LogP contribution in [0.3, 0.4) is 0 Å². The summed E-state index contributed by atoms with van der Waals surface area (Å²) in [5.74, 6) is 1.75. The Morgan fingerprint density at radius 1 is 1.30 bits per heavy atom. The molecule has 1 N–H and O–H groups in total. The van der Waals surface area contributed by atoms with E-state index in [2.05, 4.69) is 36.5 Å². The van der Waals surface area contributed by atoms with E-state index in [0.717, 1.165) is 18.4 Å². The van der Waals surface area contributed by atoms with Crippen LogP contribution < -0.4 is 5.32 Å². The quantitative estimate of drug-likeness (QED) is 0.814. The fraction of sp³-hybridized carbons (Fsp3) is 0.824. The predicted molar refractivity (Wildman–Crippen MR) is 84.6 cm³/mol. The van der Waals surface area contributed by atoms with Gasteiger partial charge in [-0.25, -0.2) is 0 Å². The molecule has 1 heterocycles. The highest BCUT2D eigenvalue weighted by Crippen LogP contribution is 2.38. The maximum absolute atomic E-state index is 4.63. The molecular weight excluding hydrogens is 246 g/mol. The summed E-state index contributed by atoms with van der Waals surface area (Å²) in [5, 5.41) is 8.29. The molecule has 1 fully saturated rings. The minimum absolute atomic E-state index is 0.452. The zero-order chi connectivity index (χ0) is 14.4. The topological polar surface area (TPSA) is 29.9 Å². The largest absolute Gasteiger partial charge is 0.309 e. The number of nitrogens with one attached hydrogen (secondary N) is 1. The normalized spacial score (nSPS) is 24.8. The van der Waals surface area contributed by atoms with E-state index in [1.165, 1.54) is 50.6 Å². The third-order valence-corrected chi connectivity index (χ3v) is 4.81. The van der Waals surface area contributed by atoms with Gasteiger partial charge in [0.15, 0.2) is 0 Å². The molecule has 0 radical (unpaired) electrons. The molecule has 2 rings (SSSR count). The fourth-order valence-corrected chi connectivity index (χ4v) is 3.63. The molecule has 1 aromatic heterocycles. The molecule has 1 unspecified atom stereocenters. The van der Waals surface area contributed by atoms with Gasteiger partial charge in [0.25, 0.3) is 0 Å². The van der Waals surface area contributed by atoms with Crippen molar-refractivity contribution in [3.63, 3.8) is 0 Å². The van der Waals surface area contributed by atoms with E-state index in [4.69, 9.17) is 0 Å². The molecule has 0 bridgehead atoms. The van der Waals surface area contributed by atoms with Crippen LogP contribution in [0, 0.1) is 11.8 Å². The van der Waals surface area contributed by atoms with Crippen molar-refractivity contribution in [2.45, 2.75) is 64.8 Å². The van der Waals surface area contributed by atoms with E-state index in [1.54, 1.807) is 0 Å². The molecule has 1 aliphatic carbocycles. The molecule has 1 atom stereocenters. The number of rotatable bonds is 7. The summed E-state index contributed by atoms with van der Waals surface area (Å²) in [6.07, 6.45) is 11.8. The third kappa shape index (κ3) is 4.08. The van der Waals surface area contributed by atoms with Crippen LogP contribution in [-0.2, 0) is 7.05 Å². The van der Waals surface area contributed by atoms with Crippen LogP contribution in [0.15, 0.2) is 12.3 Å². The van der Waals surface area contributed by atoms with Gasteiger partial charge in [-0.15, -0.1) is 0 Å². The van der Waals surface area contributed by atoms with E-state index in [1.807, 2.05) is 11.7 Å². The van der Waals surface area contributed by atoms with Crippen LogP contribution in [-0.4, -0.2) is 16.3 Å². The highest BCUT2D eigenvalue weighted by molar-refractivity contribution is 5.07. The van der Waals surface area contributed by atoms with Gasteiger partial charge >= 0.3 is 0 Å². The zero-order valence-corrected chi connectivity index (χ0v) is 13.4. The number of aryl methyl sites for hydroxylation is 1. The molecule has 1 aromatic rings. The molecule has 1 saturated carbocycles. The van der Waals surface area contributed by atoms with Gasteiger partial charge < -0.3 is 5.32 Å². The minimum atomic E-state index is 0.452. The van der Waals surface area contributed by atoms with Crippen molar-refractivity contribution in [2.24, 2.45) is 18.9 Å². The lowest BCUT2D eigenvalue weighted by atomic mass is 9.76. The summed E-state index contributed by atoms with van der Waals surface area (Å²) in [7, 11) is 2.01. The molecule has 1 aliphatic rings. The predicted octanol–water partition coefficient (Wildman–Crippen LogP) is 4.07. The number of aromatic nitrogens is 2. The van der Waals surface area contributed by atoms with E-state index in [9.17, 15) is 0 Å². The Bertz CT molecular complexity index is 377. The SMILES string of the molecule is CCCCC1CCC(C(NCC)c2ccn(C)n2)CC1. The Labute approximate surface area is 124 Å². The molecule has 3 heteroatoms. The summed E-state index contributed by atoms with van der Waals surface area (Å²) < 4.78 is 1.92. The highest BCUT2D eigenvalue weighted by Gasteiger charge is 2.29. The molecule has 0 saturated heterocycles. The van der Waals surface area contributed by atoms with Gasteiger partial charge in [0.2, 0.25) is 0 Å². The summed E-state index contributed by atoms with van der Waals surface area (Å²) >= 11 is 0. The van der Waals surface area contributed by atoms with E-state index >= 15 is 0 Å². The molecular formula is C17H31N3. The number of hydrogen-bond acceptors (Lipinski definition) is 2. The van der Waals surface area contributed by atoms with Gasteiger partial charge in [-0.3, -0.25) is 4.68 Å². The van der Waals surface area contributed by atoms with E-state index in [-0.39, 0.29) is 0 Å². The maximum Gasteiger partial charge on any atom is 0.0796 e. The average molecular weight is 277 g/mol. The van der Waals surface area contributed by atoms with E-state index in [0.29, 0.717) is 6.04 Å². The van der Waals surface area contributed by atoms with Crippen molar-refractivity contribution in [3.8, 4) is 0 Å². The second-order valence-electron chi connectivity index (χ2n) is 6.37. The maximum atomic E-state index is 4.63. The van der Waals surface area contributed by atoms with Gasteiger partial charge in [0.1, 0.15) is 0 Å². The summed E-state index contributed by atoms with van der Waals surface area (Å²) in [4.78, 5) is 0. The second-order valence-corrected chi connectivity index (χ2v) is 6.37. The lowest BCUT2D eigenvalue weighted by molar-refractivity contribution is 0.211. The molecule has 0 aromatic carbocycles. The first-order valence-electron chi connectivity index (χ1n) is 8.47. The Morgan fingerprint density at radius 3 is 2.60 bits per heavy atom. The lowest BCUT2D eigenvalue weighted by Crippen LogP contribution is -2.31. The van der Waals surface area contributed by atoms with Gasteiger partial charge in [-0.1, -0.05) is 46.0 Å². The molecule has 0 aliphatic heterocycles. The van der Waals surface area contributed by atoms with Crippen molar-refractivity contribution >= 4 is 0 Å². The second kappa shape index (κ2) is 7.82. The van der Waals surface area contributed by atoms with Gasteiger partial charge in [-0.2, -0.15) is 5.10 Å². The van der Waals surface area contributed by atoms with Crippen molar-refractivity contribution in [2.75, 3.05) is 6.54 Å². The molecule has 20 heavy (non-hydrogen) atoms. The molecule has 114 valence electrons. The van der Waals surface area contributed by atoms with Crippen molar-refractivity contribution in [1.82, 2.24) is 15.1 Å². The van der Waals surface area contributed by atoms with E-state index < -0.39 is 0 Å². The van der Waals surface area contributed by atoms with Crippen molar-refractivity contribution < 1.29 is 0 Å². The first kappa shape index (κ1) is 15.6. The third-order valence-electron chi connectivity index (χ3n) is 4.81. The van der Waals surface area contributed by atoms with Crippen molar-refractivity contribution in [3.05, 3.63) is 18.0 Å². The van der Waals surface area contributed by atoms with Gasteiger partial charge in [-0.05, 0) is 37.3 Å². The summed E-state index contributed by atoms with van der Waals surface area (Å²) in [6, 6.07) is 2.63. The average Bonchev–Trinajstić information content (AvgIpc) is 2.89. The minimum Gasteiger partial charge on any atom is -0.309 e. The molecule has 0 spiro atoms. The number of unbranched alkanes of at least 4 members (excludes halogenated alkanes) is 1. The van der Waals surface area contributed by atoms with Crippen LogP contribution in [0.2, 0.25) is 0 Å². The fourth-order valence-electron chi connectivity index (χ4n) is 3.63. The number of hydrogen-bond donors (Lipinski definition) is 1. The van der Waals surface area contributed by atoms with Crippen LogP contribution in [0.4, 0.5) is 0 Å². The standard InChI is InChI=1S/C17H31N3/c1-4-6-7-14-8-10-15(11-9-14)17(18-5-2)16-12-13-20(3)19-16/h12-15,17-18H,4-11H2,1-3H3. The Balaban J connectivity index is 1.91. The zero-order valence-electron chi connectivity index (χ0n) is 13.4. The molecule has 3 nitrogen and oxygen atoms in total. The first-order chi connectivity index (χ1) is 9.74. The van der Waals surface area contributed by atoms with Gasteiger partial charge in [0.05, 0.1) is 11.7 Å². The highest BCUT2D eigenvalue weighted by atomic mass is 15.3.